The second kappa shape index (κ2) is 7.05. The highest BCUT2D eigenvalue weighted by Crippen LogP contribution is 2.27. The van der Waals surface area contributed by atoms with Crippen LogP contribution >= 0.6 is 11.8 Å². The van der Waals surface area contributed by atoms with Crippen LogP contribution in [0.15, 0.2) is 17.0 Å². The SMILES string of the molecule is CSCC(C)CNS(=O)(=O)c1c(N)cc([N+](=O)[O-])cc1F. The van der Waals surface area contributed by atoms with Crippen molar-refractivity contribution in [1.82, 2.24) is 4.72 Å². The largest absolute Gasteiger partial charge is 0.397 e. The second-order valence-electron chi connectivity index (χ2n) is 4.52. The van der Waals surface area contributed by atoms with Crippen molar-refractivity contribution in [2.75, 3.05) is 24.3 Å². The van der Waals surface area contributed by atoms with Crippen molar-refractivity contribution in [3.05, 3.63) is 28.1 Å². The minimum atomic E-state index is -4.16. The summed E-state index contributed by atoms with van der Waals surface area (Å²) < 4.78 is 40.2. The maximum absolute atomic E-state index is 13.8. The molecule has 0 fully saturated rings. The van der Waals surface area contributed by atoms with Gasteiger partial charge in [-0.25, -0.2) is 17.5 Å². The smallest absolute Gasteiger partial charge is 0.274 e. The van der Waals surface area contributed by atoms with E-state index in [9.17, 15) is 22.9 Å². The van der Waals surface area contributed by atoms with Crippen molar-refractivity contribution in [1.29, 1.82) is 0 Å². The van der Waals surface area contributed by atoms with E-state index in [1.165, 1.54) is 0 Å². The van der Waals surface area contributed by atoms with Crippen LogP contribution in [-0.2, 0) is 10.0 Å². The van der Waals surface area contributed by atoms with Gasteiger partial charge < -0.3 is 5.73 Å². The summed E-state index contributed by atoms with van der Waals surface area (Å²) >= 11 is 1.56. The molecule has 0 saturated carbocycles. The number of nitrogens with zero attached hydrogens (tertiary/aromatic N) is 1. The van der Waals surface area contributed by atoms with Crippen molar-refractivity contribution in [2.24, 2.45) is 5.92 Å². The van der Waals surface area contributed by atoms with Gasteiger partial charge in [-0.05, 0) is 17.9 Å². The van der Waals surface area contributed by atoms with Crippen molar-refractivity contribution >= 4 is 33.2 Å². The van der Waals surface area contributed by atoms with Gasteiger partial charge >= 0.3 is 0 Å². The summed E-state index contributed by atoms with van der Waals surface area (Å²) in [4.78, 5) is 8.97. The van der Waals surface area contributed by atoms with E-state index in [0.29, 0.717) is 6.07 Å². The molecule has 0 aliphatic heterocycles. The number of nitrogens with two attached hydrogens (primary N) is 1. The second-order valence-corrected chi connectivity index (χ2v) is 7.13. The number of hydrogen-bond acceptors (Lipinski definition) is 6. The number of sulfonamides is 1. The summed E-state index contributed by atoms with van der Waals surface area (Å²) in [5.74, 6) is -0.454. The van der Waals surface area contributed by atoms with Gasteiger partial charge in [-0.15, -0.1) is 0 Å². The van der Waals surface area contributed by atoms with Crippen LogP contribution in [0.4, 0.5) is 15.8 Å². The maximum atomic E-state index is 13.8. The van der Waals surface area contributed by atoms with Crippen LogP contribution in [0.5, 0.6) is 0 Å². The van der Waals surface area contributed by atoms with Gasteiger partial charge in [0.2, 0.25) is 10.0 Å². The van der Waals surface area contributed by atoms with Gasteiger partial charge in [-0.3, -0.25) is 10.1 Å². The van der Waals surface area contributed by atoms with Crippen LogP contribution < -0.4 is 10.5 Å². The number of halogens is 1. The molecule has 0 bridgehead atoms. The average molecular weight is 337 g/mol. The number of nitro groups is 1. The van der Waals surface area contributed by atoms with Crippen molar-refractivity contribution in [3.8, 4) is 0 Å². The number of benzene rings is 1. The van der Waals surface area contributed by atoms with E-state index in [4.69, 9.17) is 5.73 Å². The Balaban J connectivity index is 3.06. The standard InChI is InChI=1S/C11H16FN3O4S2/c1-7(6-20-2)5-14-21(18,19)11-9(12)3-8(15(16)17)4-10(11)13/h3-4,7,14H,5-6,13H2,1-2H3. The van der Waals surface area contributed by atoms with Crippen molar-refractivity contribution in [3.63, 3.8) is 0 Å². The highest BCUT2D eigenvalue weighted by Gasteiger charge is 2.26. The summed E-state index contributed by atoms with van der Waals surface area (Å²) in [5.41, 5.74) is 4.35. The molecule has 3 N–H and O–H groups in total. The molecule has 1 aromatic rings. The van der Waals surface area contributed by atoms with Gasteiger partial charge in [0.1, 0.15) is 4.90 Å². The molecule has 0 aliphatic carbocycles. The molecule has 0 aromatic heterocycles. The van der Waals surface area contributed by atoms with Crippen LogP contribution in [0.2, 0.25) is 0 Å². The molecule has 0 heterocycles. The Morgan fingerprint density at radius 3 is 2.62 bits per heavy atom. The van der Waals surface area contributed by atoms with Gasteiger partial charge in [-0.1, -0.05) is 6.92 Å². The first-order valence-electron chi connectivity index (χ1n) is 5.91. The quantitative estimate of drug-likeness (QED) is 0.443. The lowest BCUT2D eigenvalue weighted by Gasteiger charge is -2.13. The Bertz CT molecular complexity index is 613. The van der Waals surface area contributed by atoms with Gasteiger partial charge in [0.15, 0.2) is 5.82 Å². The Labute approximate surface area is 126 Å². The lowest BCUT2D eigenvalue weighted by Crippen LogP contribution is -2.30. The van der Waals surface area contributed by atoms with E-state index >= 15 is 0 Å². The molecule has 0 radical (unpaired) electrons. The number of anilines is 1. The molecule has 21 heavy (non-hydrogen) atoms. The molecule has 10 heteroatoms. The number of nitro benzene ring substituents is 1. The molecule has 1 rings (SSSR count). The third-order valence-corrected chi connectivity index (χ3v) is 5.03. The number of nitrogens with one attached hydrogen (secondary N) is 1. The molecule has 1 unspecified atom stereocenters. The molecular formula is C11H16FN3O4S2. The fraction of sp³-hybridized carbons (Fsp3) is 0.455. The van der Waals surface area contributed by atoms with Gasteiger partial charge in [0.05, 0.1) is 16.7 Å². The molecule has 118 valence electrons. The summed E-state index contributed by atoms with van der Waals surface area (Å²) in [6, 6.07) is 1.36. The Morgan fingerprint density at radius 1 is 1.52 bits per heavy atom. The molecule has 1 aromatic carbocycles. The molecule has 0 spiro atoms. The van der Waals surface area contributed by atoms with Crippen LogP contribution in [0, 0.1) is 21.8 Å². The predicted octanol–water partition coefficient (Wildman–Crippen LogP) is 1.59. The number of nitrogen functional groups attached to an aromatic ring is 1. The molecule has 1 atom stereocenters. The van der Waals surface area contributed by atoms with E-state index in [1.54, 1.807) is 11.8 Å². The lowest BCUT2D eigenvalue weighted by molar-refractivity contribution is -0.385. The van der Waals surface area contributed by atoms with Crippen LogP contribution in [-0.4, -0.2) is 31.9 Å². The first-order valence-corrected chi connectivity index (χ1v) is 8.78. The van der Waals surface area contributed by atoms with E-state index in [0.717, 1.165) is 11.8 Å². The predicted molar refractivity (Wildman–Crippen MR) is 80.2 cm³/mol. The van der Waals surface area contributed by atoms with Gasteiger partial charge in [-0.2, -0.15) is 11.8 Å². The van der Waals surface area contributed by atoms with Crippen LogP contribution in [0.1, 0.15) is 6.92 Å². The normalized spacial score (nSPS) is 13.1. The van der Waals surface area contributed by atoms with E-state index in [1.807, 2.05) is 13.2 Å². The first-order chi connectivity index (χ1) is 9.69. The Kier molecular flexibility index (Phi) is 5.93. The Hall–Kier alpha value is -1.39. The van der Waals surface area contributed by atoms with Crippen molar-refractivity contribution in [2.45, 2.75) is 11.8 Å². The molecule has 0 amide bonds. The fourth-order valence-corrected chi connectivity index (χ4v) is 3.68. The third kappa shape index (κ3) is 4.55. The minimum absolute atomic E-state index is 0.0529. The van der Waals surface area contributed by atoms with Crippen LogP contribution in [0.25, 0.3) is 0 Å². The van der Waals surface area contributed by atoms with Crippen molar-refractivity contribution < 1.29 is 17.7 Å². The van der Waals surface area contributed by atoms with Gasteiger partial charge in [0, 0.05) is 12.6 Å². The topological polar surface area (TPSA) is 115 Å². The highest BCUT2D eigenvalue weighted by molar-refractivity contribution is 7.98. The summed E-state index contributed by atoms with van der Waals surface area (Å²) in [6.45, 7) is 1.97. The highest BCUT2D eigenvalue weighted by atomic mass is 32.2. The minimum Gasteiger partial charge on any atom is -0.397 e. The zero-order valence-electron chi connectivity index (χ0n) is 11.5. The summed E-state index contributed by atoms with van der Waals surface area (Å²) in [5, 5.41) is 10.6. The third-order valence-electron chi connectivity index (χ3n) is 2.61. The zero-order valence-corrected chi connectivity index (χ0v) is 13.1. The lowest BCUT2D eigenvalue weighted by atomic mass is 10.2. The molecule has 0 saturated heterocycles. The number of hydrogen-bond donors (Lipinski definition) is 2. The van der Waals surface area contributed by atoms with E-state index in [2.05, 4.69) is 4.72 Å². The van der Waals surface area contributed by atoms with E-state index < -0.39 is 37.0 Å². The first kappa shape index (κ1) is 17.7. The molecule has 0 aliphatic rings. The number of thioether (sulfide) groups is 1. The zero-order chi connectivity index (χ0) is 16.2. The summed E-state index contributed by atoms with van der Waals surface area (Å²) in [6.07, 6.45) is 1.89. The molecule has 7 nitrogen and oxygen atoms in total. The average Bonchev–Trinajstić information content (AvgIpc) is 2.35. The number of non-ortho nitro benzene ring substituents is 1. The maximum Gasteiger partial charge on any atom is 0.274 e. The summed E-state index contributed by atoms with van der Waals surface area (Å²) in [7, 11) is -4.16. The van der Waals surface area contributed by atoms with E-state index in [-0.39, 0.29) is 12.5 Å². The monoisotopic (exact) mass is 337 g/mol. The Morgan fingerprint density at radius 2 is 2.14 bits per heavy atom. The van der Waals surface area contributed by atoms with Gasteiger partial charge in [0.25, 0.3) is 5.69 Å². The fourth-order valence-electron chi connectivity index (χ4n) is 1.66. The van der Waals surface area contributed by atoms with Crippen LogP contribution in [0.3, 0.4) is 0 Å². The molecular weight excluding hydrogens is 321 g/mol. The number of rotatable bonds is 7.